The van der Waals surface area contributed by atoms with Gasteiger partial charge in [0.2, 0.25) is 5.95 Å². The van der Waals surface area contributed by atoms with Gasteiger partial charge < -0.3 is 16.8 Å². The first-order chi connectivity index (χ1) is 15.7. The summed E-state index contributed by atoms with van der Waals surface area (Å²) in [6.45, 7) is 1.73. The minimum Gasteiger partial charge on any atom is -0.382 e. The second-order valence-corrected chi connectivity index (χ2v) is 8.32. The number of nitrogens with two attached hydrogens (primary N) is 2. The predicted octanol–water partition coefficient (Wildman–Crippen LogP) is 4.35. The number of nitrogens with zero attached hydrogens (tertiary/aromatic N) is 5. The van der Waals surface area contributed by atoms with Gasteiger partial charge in [-0.2, -0.15) is 15.2 Å². The molecule has 0 aliphatic rings. The molecule has 2 aromatic heterocycles. The van der Waals surface area contributed by atoms with Crippen LogP contribution in [0.4, 0.5) is 17.6 Å². The molecule has 0 spiro atoms. The number of rotatable bonds is 4. The Bertz CT molecular complexity index is 1490. The number of anilines is 3. The quantitative estimate of drug-likeness (QED) is 0.374. The molecular weight excluding hydrogens is 487 g/mol. The number of fused-ring (bicyclic) bond motifs is 1. The van der Waals surface area contributed by atoms with Crippen molar-refractivity contribution in [2.24, 2.45) is 0 Å². The number of hydrogen-bond acceptors (Lipinski definition) is 8. The van der Waals surface area contributed by atoms with Gasteiger partial charge in [0.25, 0.3) is 5.56 Å². The Morgan fingerprint density at radius 3 is 2.45 bits per heavy atom. The smallest absolute Gasteiger partial charge is 0.267 e. The summed E-state index contributed by atoms with van der Waals surface area (Å²) in [5.41, 5.74) is 11.9. The first-order valence-electron chi connectivity index (χ1n) is 9.47. The van der Waals surface area contributed by atoms with Crippen molar-refractivity contribution in [1.29, 1.82) is 5.26 Å². The molecule has 4 rings (SSSR count). The lowest BCUT2D eigenvalue weighted by Gasteiger charge is -2.21. The van der Waals surface area contributed by atoms with Gasteiger partial charge in [-0.25, -0.2) is 4.98 Å². The Hall–Kier alpha value is -3.58. The summed E-state index contributed by atoms with van der Waals surface area (Å²) in [5.74, 6) is 0.203. The summed E-state index contributed by atoms with van der Waals surface area (Å²) in [6, 6.07) is 11.0. The molecule has 0 fully saturated rings. The van der Waals surface area contributed by atoms with Gasteiger partial charge in [-0.1, -0.05) is 40.9 Å². The van der Waals surface area contributed by atoms with Crippen LogP contribution in [0.2, 0.25) is 15.1 Å². The van der Waals surface area contributed by atoms with Crippen molar-refractivity contribution in [2.45, 2.75) is 13.0 Å². The van der Waals surface area contributed by atoms with E-state index in [1.807, 2.05) is 6.07 Å². The molecular formula is C21H15Cl3N8O. The number of nitrogens with one attached hydrogen (secondary N) is 1. The highest BCUT2D eigenvalue weighted by atomic mass is 35.5. The zero-order chi connectivity index (χ0) is 23.9. The van der Waals surface area contributed by atoms with Gasteiger partial charge >= 0.3 is 0 Å². The Morgan fingerprint density at radius 1 is 1.09 bits per heavy atom. The summed E-state index contributed by atoms with van der Waals surface area (Å²) >= 11 is 18.7. The molecule has 2 heterocycles. The van der Waals surface area contributed by atoms with Crippen LogP contribution >= 0.6 is 34.8 Å². The normalized spacial score (nSPS) is 11.8. The monoisotopic (exact) mass is 500 g/mol. The summed E-state index contributed by atoms with van der Waals surface area (Å²) in [7, 11) is 0. The molecule has 0 unspecified atom stereocenters. The van der Waals surface area contributed by atoms with E-state index in [2.05, 4.69) is 20.3 Å². The first-order valence-corrected chi connectivity index (χ1v) is 10.6. The lowest BCUT2D eigenvalue weighted by molar-refractivity contribution is 0.731. The Morgan fingerprint density at radius 2 is 1.79 bits per heavy atom. The summed E-state index contributed by atoms with van der Waals surface area (Å²) in [6.07, 6.45) is 0. The summed E-state index contributed by atoms with van der Waals surface area (Å²) in [4.78, 5) is 26.1. The van der Waals surface area contributed by atoms with Crippen molar-refractivity contribution in [3.63, 3.8) is 0 Å². The largest absolute Gasteiger partial charge is 0.382 e. The second-order valence-electron chi connectivity index (χ2n) is 7.04. The molecule has 4 aromatic rings. The van der Waals surface area contributed by atoms with E-state index >= 15 is 0 Å². The molecule has 166 valence electrons. The highest BCUT2D eigenvalue weighted by Crippen LogP contribution is 2.28. The van der Waals surface area contributed by atoms with E-state index in [9.17, 15) is 10.1 Å². The molecule has 2 aromatic carbocycles. The van der Waals surface area contributed by atoms with Crippen molar-refractivity contribution in [2.75, 3.05) is 16.8 Å². The van der Waals surface area contributed by atoms with Crippen molar-refractivity contribution >= 4 is 63.3 Å². The maximum atomic E-state index is 13.6. The van der Waals surface area contributed by atoms with Gasteiger partial charge in [-0.05, 0) is 37.3 Å². The van der Waals surface area contributed by atoms with Crippen LogP contribution in [0.15, 0.2) is 41.2 Å². The molecule has 0 radical (unpaired) electrons. The summed E-state index contributed by atoms with van der Waals surface area (Å²) in [5, 5.41) is 13.7. The SMILES string of the molecule is C[C@H](Nc1nc(N)nc(N)c1C#N)c1nc2cccc(Cl)c2c(=O)n1-c1cc(Cl)cc(Cl)c1. The van der Waals surface area contributed by atoms with Gasteiger partial charge in [0.15, 0.2) is 5.82 Å². The standard InChI is InChI=1S/C21H15Cl3N8O/c1-9(28-18-13(8-25)17(26)30-21(27)31-18)19-29-15-4-2-3-14(24)16(15)20(33)32(19)12-6-10(22)5-11(23)7-12/h2-7,9H,1H3,(H5,26,27,28,30,31)/t9-/m0/s1. The van der Waals surface area contributed by atoms with Crippen LogP contribution in [-0.4, -0.2) is 19.5 Å². The summed E-state index contributed by atoms with van der Waals surface area (Å²) < 4.78 is 1.35. The molecule has 0 bridgehead atoms. The zero-order valence-corrected chi connectivity index (χ0v) is 19.2. The fraction of sp³-hybridized carbons (Fsp3) is 0.0952. The fourth-order valence-corrected chi connectivity index (χ4v) is 4.16. The molecule has 12 heteroatoms. The molecule has 1 atom stereocenters. The maximum absolute atomic E-state index is 13.6. The molecule has 33 heavy (non-hydrogen) atoms. The van der Waals surface area contributed by atoms with Crippen molar-refractivity contribution in [3.8, 4) is 11.8 Å². The number of hydrogen-bond donors (Lipinski definition) is 3. The molecule has 9 nitrogen and oxygen atoms in total. The number of nitriles is 1. The molecule has 0 saturated heterocycles. The van der Waals surface area contributed by atoms with Gasteiger partial charge in [0.05, 0.1) is 27.7 Å². The minimum atomic E-state index is -0.653. The average Bonchev–Trinajstić information content (AvgIpc) is 2.72. The third-order valence-electron chi connectivity index (χ3n) is 4.78. The van der Waals surface area contributed by atoms with E-state index < -0.39 is 11.6 Å². The van der Waals surface area contributed by atoms with Crippen LogP contribution in [0.3, 0.4) is 0 Å². The molecule has 0 aliphatic heterocycles. The van der Waals surface area contributed by atoms with Crippen LogP contribution in [0.5, 0.6) is 0 Å². The maximum Gasteiger partial charge on any atom is 0.267 e. The van der Waals surface area contributed by atoms with E-state index in [1.54, 1.807) is 43.3 Å². The van der Waals surface area contributed by atoms with E-state index in [0.29, 0.717) is 21.2 Å². The molecule has 0 amide bonds. The topological polar surface area (TPSA) is 149 Å². The third kappa shape index (κ3) is 4.24. The van der Waals surface area contributed by atoms with Crippen LogP contribution in [0, 0.1) is 11.3 Å². The van der Waals surface area contributed by atoms with E-state index in [1.165, 1.54) is 4.57 Å². The van der Waals surface area contributed by atoms with Crippen LogP contribution in [0.1, 0.15) is 24.4 Å². The number of nitrogen functional groups attached to an aromatic ring is 2. The fourth-order valence-electron chi connectivity index (χ4n) is 3.40. The van der Waals surface area contributed by atoms with E-state index in [4.69, 9.17) is 46.3 Å². The van der Waals surface area contributed by atoms with E-state index in [0.717, 1.165) is 0 Å². The van der Waals surface area contributed by atoms with Crippen molar-refractivity contribution in [3.05, 3.63) is 73.2 Å². The Balaban J connectivity index is 1.97. The van der Waals surface area contributed by atoms with Crippen molar-refractivity contribution in [1.82, 2.24) is 19.5 Å². The highest BCUT2D eigenvalue weighted by Gasteiger charge is 2.22. The first kappa shape index (κ1) is 22.6. The molecule has 0 saturated carbocycles. The lowest BCUT2D eigenvalue weighted by Crippen LogP contribution is -2.28. The molecule has 5 N–H and O–H groups in total. The third-order valence-corrected chi connectivity index (χ3v) is 5.54. The number of benzene rings is 2. The van der Waals surface area contributed by atoms with Gasteiger partial charge in [-0.15, -0.1) is 0 Å². The van der Waals surface area contributed by atoms with Crippen LogP contribution in [-0.2, 0) is 0 Å². The second kappa shape index (κ2) is 8.75. The Labute approximate surface area is 202 Å². The van der Waals surface area contributed by atoms with Gasteiger partial charge in [-0.3, -0.25) is 9.36 Å². The van der Waals surface area contributed by atoms with Crippen molar-refractivity contribution < 1.29 is 0 Å². The van der Waals surface area contributed by atoms with E-state index in [-0.39, 0.29) is 39.4 Å². The zero-order valence-electron chi connectivity index (χ0n) is 17.0. The lowest BCUT2D eigenvalue weighted by atomic mass is 10.2. The number of halogens is 3. The van der Waals surface area contributed by atoms with Crippen LogP contribution < -0.4 is 22.3 Å². The van der Waals surface area contributed by atoms with Gasteiger partial charge in [0, 0.05) is 10.0 Å². The number of aromatic nitrogens is 4. The van der Waals surface area contributed by atoms with Gasteiger partial charge in [0.1, 0.15) is 23.3 Å². The minimum absolute atomic E-state index is 0.0135. The average molecular weight is 502 g/mol. The predicted molar refractivity (Wildman–Crippen MR) is 130 cm³/mol. The van der Waals surface area contributed by atoms with Crippen LogP contribution in [0.25, 0.3) is 16.6 Å². The highest BCUT2D eigenvalue weighted by molar-refractivity contribution is 6.35. The Kier molecular flexibility index (Phi) is 5.99. The molecule has 0 aliphatic carbocycles.